The lowest BCUT2D eigenvalue weighted by Crippen LogP contribution is -2.56. The number of anilines is 1. The number of nitrogens with zero attached hydrogens (tertiary/aromatic N) is 2. The van der Waals surface area contributed by atoms with Gasteiger partial charge >= 0.3 is 18.0 Å². The third kappa shape index (κ3) is 6.34. The highest BCUT2D eigenvalue weighted by atomic mass is 16.4. The zero-order valence-electron chi connectivity index (χ0n) is 19.1. The molecule has 0 fully saturated rings. The SMILES string of the molecule is NC(=O)N/N=C/[C@H](CC(=O)O)NC(=O)[C@@H]1Cc2cccc3c2N1C(=O)C(NC(=O)CCC(=O)O)CC3. The smallest absolute Gasteiger partial charge is 0.332 e. The lowest BCUT2D eigenvalue weighted by atomic mass is 10.0. The first kappa shape index (κ1) is 26.1. The van der Waals surface area contributed by atoms with Gasteiger partial charge in [0.05, 0.1) is 24.6 Å². The number of carboxylic acid groups (broad SMARTS) is 2. The molecule has 3 atom stereocenters. The highest BCUT2D eigenvalue weighted by molar-refractivity contribution is 6.08. The monoisotopic (exact) mass is 502 g/mol. The van der Waals surface area contributed by atoms with E-state index >= 15 is 0 Å². The lowest BCUT2D eigenvalue weighted by Gasteiger charge is -2.28. The van der Waals surface area contributed by atoms with E-state index in [1.165, 1.54) is 4.90 Å². The summed E-state index contributed by atoms with van der Waals surface area (Å²) in [6.45, 7) is 0. The zero-order chi connectivity index (χ0) is 26.4. The number of nitrogens with one attached hydrogen (secondary N) is 3. The average Bonchev–Trinajstić information content (AvgIpc) is 3.13. The summed E-state index contributed by atoms with van der Waals surface area (Å²) in [5.41, 5.74) is 8.98. The van der Waals surface area contributed by atoms with Crippen LogP contribution in [0.4, 0.5) is 10.5 Å². The van der Waals surface area contributed by atoms with Crippen molar-refractivity contribution in [1.82, 2.24) is 16.1 Å². The van der Waals surface area contributed by atoms with Crippen molar-refractivity contribution in [2.24, 2.45) is 10.8 Å². The van der Waals surface area contributed by atoms with Crippen LogP contribution in [-0.4, -0.2) is 70.2 Å². The van der Waals surface area contributed by atoms with Gasteiger partial charge in [-0.15, -0.1) is 0 Å². The fourth-order valence-electron chi connectivity index (χ4n) is 4.26. The number of hydrogen-bond donors (Lipinski definition) is 6. The van der Waals surface area contributed by atoms with Gasteiger partial charge in [0.2, 0.25) is 17.7 Å². The Labute approximate surface area is 204 Å². The number of aryl methyl sites for hydroxylation is 1. The molecule has 1 aromatic carbocycles. The van der Waals surface area contributed by atoms with Gasteiger partial charge in [0.15, 0.2) is 0 Å². The van der Waals surface area contributed by atoms with Crippen LogP contribution in [0.25, 0.3) is 0 Å². The van der Waals surface area contributed by atoms with Crippen LogP contribution in [0.1, 0.15) is 36.8 Å². The number of hydrazone groups is 1. The minimum atomic E-state index is -1.24. The second-order valence-corrected chi connectivity index (χ2v) is 8.37. The fraction of sp³-hybridized carbons (Fsp3) is 0.409. The molecule has 14 nitrogen and oxygen atoms in total. The molecule has 2 aliphatic rings. The highest BCUT2D eigenvalue weighted by Gasteiger charge is 2.44. The molecule has 0 saturated heterocycles. The Kier molecular flexibility index (Phi) is 8.19. The van der Waals surface area contributed by atoms with Gasteiger partial charge in [-0.3, -0.25) is 28.9 Å². The van der Waals surface area contributed by atoms with Gasteiger partial charge in [0.1, 0.15) is 12.1 Å². The Morgan fingerprint density at radius 1 is 1.14 bits per heavy atom. The summed E-state index contributed by atoms with van der Waals surface area (Å²) in [5, 5.41) is 26.6. The molecule has 7 N–H and O–H groups in total. The van der Waals surface area contributed by atoms with Crippen LogP contribution in [0.2, 0.25) is 0 Å². The van der Waals surface area contributed by atoms with Crippen LogP contribution in [0, 0.1) is 0 Å². The minimum Gasteiger partial charge on any atom is -0.481 e. The molecule has 2 heterocycles. The number of carbonyl (C=O) groups excluding carboxylic acids is 4. The maximum atomic E-state index is 13.5. The molecule has 0 aliphatic carbocycles. The first-order chi connectivity index (χ1) is 17.1. The largest absolute Gasteiger partial charge is 0.481 e. The quantitative estimate of drug-likeness (QED) is 0.169. The summed E-state index contributed by atoms with van der Waals surface area (Å²) in [4.78, 5) is 73.1. The van der Waals surface area contributed by atoms with Gasteiger partial charge in [-0.05, 0) is 24.0 Å². The molecule has 0 spiro atoms. The van der Waals surface area contributed by atoms with Crippen molar-refractivity contribution in [3.05, 3.63) is 29.3 Å². The van der Waals surface area contributed by atoms with Crippen LogP contribution >= 0.6 is 0 Å². The molecule has 1 aromatic rings. The third-order valence-electron chi connectivity index (χ3n) is 5.76. The number of amides is 5. The molecular formula is C22H26N6O8. The molecule has 0 aromatic heterocycles. The summed E-state index contributed by atoms with van der Waals surface area (Å²) in [6, 6.07) is 1.32. The summed E-state index contributed by atoms with van der Waals surface area (Å²) in [5.74, 6) is -4.16. The Morgan fingerprint density at radius 2 is 1.86 bits per heavy atom. The van der Waals surface area contributed by atoms with Gasteiger partial charge in [-0.2, -0.15) is 5.10 Å². The molecule has 0 saturated carbocycles. The second-order valence-electron chi connectivity index (χ2n) is 8.37. The summed E-state index contributed by atoms with van der Waals surface area (Å²) < 4.78 is 0. The van der Waals surface area contributed by atoms with E-state index in [1.807, 2.05) is 11.5 Å². The zero-order valence-corrected chi connectivity index (χ0v) is 19.1. The molecular weight excluding hydrogens is 476 g/mol. The number of primary amides is 1. The first-order valence-corrected chi connectivity index (χ1v) is 11.1. The van der Waals surface area contributed by atoms with Gasteiger partial charge in [0, 0.05) is 19.1 Å². The predicted molar refractivity (Wildman–Crippen MR) is 124 cm³/mol. The molecule has 5 amide bonds. The standard InChI is InChI=1S/C22H26N6O8/c23-22(36)27-24-10-13(9-18(32)33)25-20(34)15-8-12-3-1-2-11-4-5-14(21(35)28(15)19(11)12)26-16(29)6-7-17(30)31/h1-3,10,13-15H,4-9H2,(H,25,34)(H,26,29)(H,30,31)(H,32,33)(H3,23,27,36)/b24-10+/t13-,14?,15-/m0/s1. The number of nitrogens with two attached hydrogens (primary N) is 1. The van der Waals surface area contributed by atoms with E-state index in [4.69, 9.17) is 15.9 Å². The van der Waals surface area contributed by atoms with Gasteiger partial charge in [0.25, 0.3) is 0 Å². The number of urea groups is 1. The van der Waals surface area contributed by atoms with Crippen LogP contribution in [0.3, 0.4) is 0 Å². The molecule has 2 aliphatic heterocycles. The minimum absolute atomic E-state index is 0.164. The molecule has 0 bridgehead atoms. The van der Waals surface area contributed by atoms with Gasteiger partial charge in [-0.1, -0.05) is 18.2 Å². The van der Waals surface area contributed by atoms with Crippen molar-refractivity contribution >= 4 is 47.6 Å². The van der Waals surface area contributed by atoms with Crippen molar-refractivity contribution < 1.29 is 39.0 Å². The Balaban J connectivity index is 1.83. The maximum absolute atomic E-state index is 13.5. The first-order valence-electron chi connectivity index (χ1n) is 11.1. The fourth-order valence-corrected chi connectivity index (χ4v) is 4.26. The van der Waals surface area contributed by atoms with Crippen LogP contribution in [0.5, 0.6) is 0 Å². The molecule has 14 heteroatoms. The molecule has 0 radical (unpaired) electrons. The van der Waals surface area contributed by atoms with Crippen molar-refractivity contribution in [3.63, 3.8) is 0 Å². The number of benzene rings is 1. The number of hydrogen-bond acceptors (Lipinski definition) is 7. The van der Waals surface area contributed by atoms with Crippen molar-refractivity contribution in [2.45, 2.75) is 56.7 Å². The topological polar surface area (TPSA) is 221 Å². The molecule has 36 heavy (non-hydrogen) atoms. The molecule has 3 rings (SSSR count). The number of aliphatic carboxylic acids is 2. The Bertz CT molecular complexity index is 1120. The number of carbonyl (C=O) groups is 6. The van der Waals surface area contributed by atoms with Crippen molar-refractivity contribution in [1.29, 1.82) is 0 Å². The predicted octanol–water partition coefficient (Wildman–Crippen LogP) is -1.15. The number of carboxylic acids is 2. The van der Waals surface area contributed by atoms with Crippen molar-refractivity contribution in [3.8, 4) is 0 Å². The Morgan fingerprint density at radius 3 is 2.53 bits per heavy atom. The maximum Gasteiger partial charge on any atom is 0.332 e. The van der Waals surface area contributed by atoms with E-state index in [0.717, 1.165) is 17.3 Å². The number of para-hydroxylation sites is 1. The van der Waals surface area contributed by atoms with Gasteiger partial charge < -0.3 is 26.6 Å². The summed E-state index contributed by atoms with van der Waals surface area (Å²) >= 11 is 0. The molecule has 192 valence electrons. The van der Waals surface area contributed by atoms with E-state index in [-0.39, 0.29) is 25.7 Å². The van der Waals surface area contributed by atoms with Crippen LogP contribution < -0.4 is 26.7 Å². The lowest BCUT2D eigenvalue weighted by molar-refractivity contribution is -0.139. The summed E-state index contributed by atoms with van der Waals surface area (Å²) in [6.07, 6.45) is 0.649. The second kappa shape index (κ2) is 11.3. The van der Waals surface area contributed by atoms with Crippen LogP contribution in [0.15, 0.2) is 23.3 Å². The summed E-state index contributed by atoms with van der Waals surface area (Å²) in [7, 11) is 0. The van der Waals surface area contributed by atoms with E-state index in [9.17, 15) is 28.8 Å². The van der Waals surface area contributed by atoms with E-state index < -0.39 is 60.2 Å². The molecule has 1 unspecified atom stereocenters. The third-order valence-corrected chi connectivity index (χ3v) is 5.76. The number of rotatable bonds is 10. The van der Waals surface area contributed by atoms with Crippen molar-refractivity contribution in [2.75, 3.05) is 4.90 Å². The van der Waals surface area contributed by atoms with Crippen LogP contribution in [-0.2, 0) is 36.8 Å². The Hall–Kier alpha value is -4.49. The van der Waals surface area contributed by atoms with E-state index in [2.05, 4.69) is 15.7 Å². The van der Waals surface area contributed by atoms with E-state index in [0.29, 0.717) is 12.1 Å². The highest BCUT2D eigenvalue weighted by Crippen LogP contribution is 2.39. The van der Waals surface area contributed by atoms with E-state index in [1.54, 1.807) is 12.1 Å². The van der Waals surface area contributed by atoms with Gasteiger partial charge in [-0.25, -0.2) is 10.2 Å². The normalized spacial score (nSPS) is 19.2. The average molecular weight is 502 g/mol.